The zero-order valence-electron chi connectivity index (χ0n) is 14.0. The standard InChI is InChI=1S/C19H21NO3S/c1-4-18(19(22)14-5-9-16(23-3)10-6-14)24-17-11-7-15(8-12-17)20-13(2)21/h5-12,18H,4H2,1-3H3,(H,20,21). The lowest BCUT2D eigenvalue weighted by Crippen LogP contribution is -2.16. The Morgan fingerprint density at radius 3 is 2.21 bits per heavy atom. The van der Waals surface area contributed by atoms with E-state index in [-0.39, 0.29) is 16.9 Å². The van der Waals surface area contributed by atoms with Crippen molar-refractivity contribution in [3.8, 4) is 5.75 Å². The molecule has 0 heterocycles. The largest absolute Gasteiger partial charge is 0.497 e. The number of Topliss-reactive ketones (excluding diaryl/α,β-unsaturated/α-hetero) is 1. The lowest BCUT2D eigenvalue weighted by atomic mass is 10.1. The lowest BCUT2D eigenvalue weighted by molar-refractivity contribution is -0.114. The molecule has 2 aromatic rings. The number of rotatable bonds is 7. The van der Waals surface area contributed by atoms with Crippen LogP contribution in [0.1, 0.15) is 30.6 Å². The number of ketones is 1. The average molecular weight is 343 g/mol. The quantitative estimate of drug-likeness (QED) is 0.598. The van der Waals surface area contributed by atoms with Gasteiger partial charge in [-0.2, -0.15) is 0 Å². The van der Waals surface area contributed by atoms with Crippen LogP contribution >= 0.6 is 11.8 Å². The predicted molar refractivity (Wildman–Crippen MR) is 98.0 cm³/mol. The number of anilines is 1. The first kappa shape index (κ1) is 18.1. The fraction of sp³-hybridized carbons (Fsp3) is 0.263. The Morgan fingerprint density at radius 2 is 1.71 bits per heavy atom. The Morgan fingerprint density at radius 1 is 1.08 bits per heavy atom. The molecular weight excluding hydrogens is 322 g/mol. The summed E-state index contributed by atoms with van der Waals surface area (Å²) >= 11 is 1.54. The van der Waals surface area contributed by atoms with Gasteiger partial charge in [0.25, 0.3) is 0 Å². The summed E-state index contributed by atoms with van der Waals surface area (Å²) in [5.41, 5.74) is 1.44. The average Bonchev–Trinajstić information content (AvgIpc) is 2.60. The first-order valence-electron chi connectivity index (χ1n) is 7.76. The molecule has 1 atom stereocenters. The fourth-order valence-corrected chi connectivity index (χ4v) is 3.28. The molecule has 0 aliphatic rings. The van der Waals surface area contributed by atoms with Crippen LogP contribution in [0.4, 0.5) is 5.69 Å². The molecule has 0 saturated carbocycles. The van der Waals surface area contributed by atoms with E-state index in [0.717, 1.165) is 22.8 Å². The van der Waals surface area contributed by atoms with Crippen LogP contribution in [0.2, 0.25) is 0 Å². The van der Waals surface area contributed by atoms with Gasteiger partial charge in [-0.3, -0.25) is 9.59 Å². The predicted octanol–water partition coefficient (Wildman–Crippen LogP) is 4.41. The number of ether oxygens (including phenoxy) is 1. The van der Waals surface area contributed by atoms with E-state index in [2.05, 4.69) is 5.32 Å². The van der Waals surface area contributed by atoms with E-state index in [1.807, 2.05) is 31.2 Å². The maximum absolute atomic E-state index is 12.7. The molecule has 24 heavy (non-hydrogen) atoms. The third-order valence-corrected chi connectivity index (χ3v) is 4.87. The van der Waals surface area contributed by atoms with Crippen molar-refractivity contribution >= 4 is 29.1 Å². The van der Waals surface area contributed by atoms with Crippen molar-refractivity contribution in [2.75, 3.05) is 12.4 Å². The number of benzene rings is 2. The summed E-state index contributed by atoms with van der Waals surface area (Å²) in [5.74, 6) is 0.744. The van der Waals surface area contributed by atoms with Gasteiger partial charge in [0.2, 0.25) is 5.91 Å². The highest BCUT2D eigenvalue weighted by atomic mass is 32.2. The number of nitrogens with one attached hydrogen (secondary N) is 1. The van der Waals surface area contributed by atoms with Gasteiger partial charge in [0.1, 0.15) is 5.75 Å². The Balaban J connectivity index is 2.07. The molecule has 0 bridgehead atoms. The highest BCUT2D eigenvalue weighted by Crippen LogP contribution is 2.29. The Hall–Kier alpha value is -2.27. The van der Waals surface area contributed by atoms with Gasteiger partial charge in [-0.1, -0.05) is 6.92 Å². The minimum Gasteiger partial charge on any atom is -0.497 e. The van der Waals surface area contributed by atoms with Crippen molar-refractivity contribution in [1.82, 2.24) is 0 Å². The summed E-state index contributed by atoms with van der Waals surface area (Å²) in [5, 5.41) is 2.58. The van der Waals surface area contributed by atoms with E-state index >= 15 is 0 Å². The van der Waals surface area contributed by atoms with Crippen LogP contribution in [-0.4, -0.2) is 24.1 Å². The van der Waals surface area contributed by atoms with Gasteiger partial charge < -0.3 is 10.1 Å². The summed E-state index contributed by atoms with van der Waals surface area (Å²) in [4.78, 5) is 24.7. The number of hydrogen-bond donors (Lipinski definition) is 1. The maximum atomic E-state index is 12.7. The van der Waals surface area contributed by atoms with Crippen LogP contribution in [0, 0.1) is 0 Å². The molecular formula is C19H21NO3S. The van der Waals surface area contributed by atoms with Crippen LogP contribution in [0.3, 0.4) is 0 Å². The molecule has 0 aromatic heterocycles. The normalized spacial score (nSPS) is 11.6. The van der Waals surface area contributed by atoms with Gasteiger partial charge in [-0.05, 0) is 55.0 Å². The Labute approximate surface area is 146 Å². The van der Waals surface area contributed by atoms with Gasteiger partial charge in [0, 0.05) is 23.1 Å². The molecule has 0 saturated heterocycles. The number of carbonyl (C=O) groups is 2. The van der Waals surface area contributed by atoms with Crippen LogP contribution in [0.25, 0.3) is 0 Å². The Bertz CT molecular complexity index is 696. The summed E-state index contributed by atoms with van der Waals surface area (Å²) in [6.45, 7) is 3.48. The van der Waals surface area contributed by atoms with Crippen molar-refractivity contribution in [3.05, 3.63) is 54.1 Å². The minimum atomic E-state index is -0.148. The van der Waals surface area contributed by atoms with Crippen molar-refractivity contribution in [1.29, 1.82) is 0 Å². The topological polar surface area (TPSA) is 55.4 Å². The SMILES string of the molecule is CCC(Sc1ccc(NC(C)=O)cc1)C(=O)c1ccc(OC)cc1. The minimum absolute atomic E-state index is 0.100. The van der Waals surface area contributed by atoms with Crippen LogP contribution in [0.5, 0.6) is 5.75 Å². The first-order valence-corrected chi connectivity index (χ1v) is 8.64. The smallest absolute Gasteiger partial charge is 0.221 e. The molecule has 1 amide bonds. The number of carbonyl (C=O) groups excluding carboxylic acids is 2. The third-order valence-electron chi connectivity index (χ3n) is 3.49. The third kappa shape index (κ3) is 4.86. The fourth-order valence-electron chi connectivity index (χ4n) is 2.25. The molecule has 0 spiro atoms. The zero-order valence-corrected chi connectivity index (χ0v) is 14.9. The molecule has 126 valence electrons. The highest BCUT2D eigenvalue weighted by molar-refractivity contribution is 8.00. The molecule has 2 aromatic carbocycles. The first-order chi connectivity index (χ1) is 11.5. The number of amides is 1. The number of methoxy groups -OCH3 is 1. The molecule has 2 rings (SSSR count). The summed E-state index contributed by atoms with van der Waals surface area (Å²) in [6, 6.07) is 14.7. The molecule has 1 unspecified atom stereocenters. The second-order valence-electron chi connectivity index (χ2n) is 5.31. The summed E-state index contributed by atoms with van der Waals surface area (Å²) in [7, 11) is 1.60. The van der Waals surface area contributed by atoms with Gasteiger partial charge in [-0.25, -0.2) is 0 Å². The molecule has 0 fully saturated rings. The van der Waals surface area contributed by atoms with Crippen molar-refractivity contribution < 1.29 is 14.3 Å². The van der Waals surface area contributed by atoms with Gasteiger partial charge in [-0.15, -0.1) is 11.8 Å². The van der Waals surface area contributed by atoms with E-state index in [1.54, 1.807) is 31.4 Å². The monoisotopic (exact) mass is 343 g/mol. The van der Waals surface area contributed by atoms with Crippen LogP contribution in [0.15, 0.2) is 53.4 Å². The van der Waals surface area contributed by atoms with Crippen LogP contribution in [-0.2, 0) is 4.79 Å². The van der Waals surface area contributed by atoms with Gasteiger partial charge in [0.05, 0.1) is 12.4 Å². The van der Waals surface area contributed by atoms with Crippen molar-refractivity contribution in [2.24, 2.45) is 0 Å². The number of thioether (sulfide) groups is 1. The molecule has 5 heteroatoms. The molecule has 0 aliphatic carbocycles. The molecule has 4 nitrogen and oxygen atoms in total. The maximum Gasteiger partial charge on any atom is 0.221 e. The summed E-state index contributed by atoms with van der Waals surface area (Å²) in [6.07, 6.45) is 0.739. The van der Waals surface area contributed by atoms with E-state index in [4.69, 9.17) is 4.74 Å². The van der Waals surface area contributed by atoms with E-state index < -0.39 is 0 Å². The second kappa shape index (κ2) is 8.55. The number of hydrogen-bond acceptors (Lipinski definition) is 4. The van der Waals surface area contributed by atoms with Crippen molar-refractivity contribution in [2.45, 2.75) is 30.4 Å². The lowest BCUT2D eigenvalue weighted by Gasteiger charge is -2.14. The van der Waals surface area contributed by atoms with Crippen molar-refractivity contribution in [3.63, 3.8) is 0 Å². The van der Waals surface area contributed by atoms with E-state index in [1.165, 1.54) is 18.7 Å². The zero-order chi connectivity index (χ0) is 17.5. The molecule has 0 radical (unpaired) electrons. The van der Waals surface area contributed by atoms with Gasteiger partial charge in [0.15, 0.2) is 5.78 Å². The highest BCUT2D eigenvalue weighted by Gasteiger charge is 2.19. The molecule has 0 aliphatic heterocycles. The van der Waals surface area contributed by atoms with E-state index in [9.17, 15) is 9.59 Å². The Kier molecular flexibility index (Phi) is 6.44. The van der Waals surface area contributed by atoms with E-state index in [0.29, 0.717) is 5.56 Å². The van der Waals surface area contributed by atoms with Gasteiger partial charge >= 0.3 is 0 Å². The van der Waals surface area contributed by atoms with Crippen LogP contribution < -0.4 is 10.1 Å². The molecule has 1 N–H and O–H groups in total. The second-order valence-corrected chi connectivity index (χ2v) is 6.59. The summed E-state index contributed by atoms with van der Waals surface area (Å²) < 4.78 is 5.12.